The van der Waals surface area contributed by atoms with Gasteiger partial charge in [-0.05, 0) is 12.6 Å². The molecule has 0 aliphatic carbocycles. The number of aryl methyl sites for hydroxylation is 2. The number of para-hydroxylation sites is 1. The lowest BCUT2D eigenvalue weighted by Gasteiger charge is -2.16. The van der Waals surface area contributed by atoms with Crippen LogP contribution < -0.4 is 5.32 Å². The molecule has 1 atom stereocenters. The van der Waals surface area contributed by atoms with Crippen LogP contribution in [0.1, 0.15) is 24.5 Å². The monoisotopic (exact) mass is 283 g/mol. The highest BCUT2D eigenvalue weighted by molar-refractivity contribution is 5.82. The maximum atomic E-state index is 4.74. The average molecular weight is 283 g/mol. The van der Waals surface area contributed by atoms with Gasteiger partial charge in [-0.2, -0.15) is 5.10 Å². The summed E-state index contributed by atoms with van der Waals surface area (Å²) in [5.74, 6) is 1.07. The Labute approximate surface area is 124 Å². The van der Waals surface area contributed by atoms with Gasteiger partial charge in [0.1, 0.15) is 5.82 Å². The lowest BCUT2D eigenvalue weighted by molar-refractivity contribution is 0.513. The summed E-state index contributed by atoms with van der Waals surface area (Å²) < 4.78 is 4.02. The highest BCUT2D eigenvalue weighted by Crippen LogP contribution is 2.25. The zero-order chi connectivity index (χ0) is 14.8. The van der Waals surface area contributed by atoms with E-state index in [1.807, 2.05) is 31.2 Å². The number of fused-ring (bicyclic) bond motifs is 1. The lowest BCUT2D eigenvalue weighted by Crippen LogP contribution is -2.25. The Morgan fingerprint density at radius 1 is 1.24 bits per heavy atom. The summed E-state index contributed by atoms with van der Waals surface area (Å²) in [5.41, 5.74) is 2.26. The minimum atomic E-state index is 0.169. The number of benzene rings is 1. The molecule has 0 saturated carbocycles. The Morgan fingerprint density at radius 3 is 2.76 bits per heavy atom. The van der Waals surface area contributed by atoms with Crippen LogP contribution in [0.25, 0.3) is 10.9 Å². The van der Waals surface area contributed by atoms with Crippen molar-refractivity contribution in [2.24, 2.45) is 14.1 Å². The molecule has 0 aliphatic rings. The molecule has 0 bridgehead atoms. The van der Waals surface area contributed by atoms with E-state index in [0.717, 1.165) is 30.0 Å². The molecule has 5 nitrogen and oxygen atoms in total. The molecule has 1 unspecified atom stereocenters. The maximum Gasteiger partial charge on any atom is 0.110 e. The summed E-state index contributed by atoms with van der Waals surface area (Å²) in [7, 11) is 4.03. The number of hydrogen-bond donors (Lipinski definition) is 1. The van der Waals surface area contributed by atoms with Crippen LogP contribution in [0.3, 0.4) is 0 Å². The number of nitrogens with one attached hydrogen (secondary N) is 1. The van der Waals surface area contributed by atoms with Crippen molar-refractivity contribution >= 4 is 10.9 Å². The highest BCUT2D eigenvalue weighted by atomic mass is 15.3. The largest absolute Gasteiger partial charge is 0.338 e. The first-order valence-corrected chi connectivity index (χ1v) is 7.32. The second kappa shape index (κ2) is 5.69. The molecule has 3 rings (SSSR count). The third-order valence-corrected chi connectivity index (χ3v) is 3.87. The molecule has 5 heteroatoms. The molecule has 110 valence electrons. The zero-order valence-electron chi connectivity index (χ0n) is 12.7. The van der Waals surface area contributed by atoms with Gasteiger partial charge in [0, 0.05) is 38.3 Å². The van der Waals surface area contributed by atoms with E-state index >= 15 is 0 Å². The smallest absolute Gasteiger partial charge is 0.110 e. The molecule has 0 fully saturated rings. The number of rotatable bonds is 5. The van der Waals surface area contributed by atoms with Gasteiger partial charge in [-0.15, -0.1) is 0 Å². The van der Waals surface area contributed by atoms with E-state index < -0.39 is 0 Å². The Hall–Kier alpha value is -2.14. The van der Waals surface area contributed by atoms with Crippen LogP contribution in [-0.4, -0.2) is 25.9 Å². The molecule has 1 N–H and O–H groups in total. The first-order valence-electron chi connectivity index (χ1n) is 7.32. The summed E-state index contributed by atoms with van der Waals surface area (Å²) in [4.78, 5) is 4.44. The number of hydrogen-bond acceptors (Lipinski definition) is 3. The van der Waals surface area contributed by atoms with Crippen molar-refractivity contribution < 1.29 is 0 Å². The van der Waals surface area contributed by atoms with E-state index in [0.29, 0.717) is 0 Å². The van der Waals surface area contributed by atoms with Gasteiger partial charge in [0.05, 0.1) is 17.3 Å². The normalized spacial score (nSPS) is 12.9. The van der Waals surface area contributed by atoms with Crippen LogP contribution in [0.15, 0.2) is 36.7 Å². The van der Waals surface area contributed by atoms with Crippen LogP contribution >= 0.6 is 0 Å². The second-order valence-electron chi connectivity index (χ2n) is 5.29. The second-order valence-corrected chi connectivity index (χ2v) is 5.29. The standard InChI is InChI=1S/C16H21N5/c1-4-17-13(11-15-18-9-10-20(15)2)16-12-7-5-6-8-14(12)21(3)19-16/h5-10,13,17H,4,11H2,1-3H3. The molecule has 2 aromatic heterocycles. The fourth-order valence-electron chi connectivity index (χ4n) is 2.79. The average Bonchev–Trinajstić information content (AvgIpc) is 3.04. The Bertz CT molecular complexity index is 740. The molecular formula is C16H21N5. The number of likely N-dealkylation sites (N-methyl/N-ethyl adjacent to an activating group) is 1. The van der Waals surface area contributed by atoms with Gasteiger partial charge in [-0.25, -0.2) is 4.98 Å². The summed E-state index contributed by atoms with van der Waals surface area (Å²) in [6, 6.07) is 8.53. The minimum Gasteiger partial charge on any atom is -0.338 e. The number of imidazole rings is 1. The third-order valence-electron chi connectivity index (χ3n) is 3.87. The van der Waals surface area contributed by atoms with Gasteiger partial charge < -0.3 is 9.88 Å². The van der Waals surface area contributed by atoms with Crippen molar-refractivity contribution in [1.29, 1.82) is 0 Å². The van der Waals surface area contributed by atoms with Crippen LogP contribution in [-0.2, 0) is 20.5 Å². The predicted octanol–water partition coefficient (Wildman–Crippen LogP) is 2.20. The van der Waals surface area contributed by atoms with Crippen molar-refractivity contribution in [2.75, 3.05) is 6.54 Å². The highest BCUT2D eigenvalue weighted by Gasteiger charge is 2.20. The molecular weight excluding hydrogens is 262 g/mol. The maximum absolute atomic E-state index is 4.74. The minimum absolute atomic E-state index is 0.169. The summed E-state index contributed by atoms with van der Waals surface area (Å²) >= 11 is 0. The topological polar surface area (TPSA) is 47.7 Å². The molecule has 0 amide bonds. The van der Waals surface area contributed by atoms with E-state index in [2.05, 4.69) is 46.1 Å². The molecule has 0 radical (unpaired) electrons. The van der Waals surface area contributed by atoms with Crippen LogP contribution in [0.2, 0.25) is 0 Å². The number of nitrogens with zero attached hydrogens (tertiary/aromatic N) is 4. The van der Waals surface area contributed by atoms with Crippen LogP contribution in [0.5, 0.6) is 0 Å². The van der Waals surface area contributed by atoms with Gasteiger partial charge >= 0.3 is 0 Å². The van der Waals surface area contributed by atoms with Crippen LogP contribution in [0.4, 0.5) is 0 Å². The fraction of sp³-hybridized carbons (Fsp3) is 0.375. The SMILES string of the molecule is CCNC(Cc1nccn1C)c1nn(C)c2ccccc12. The first-order chi connectivity index (χ1) is 10.2. The fourth-order valence-corrected chi connectivity index (χ4v) is 2.79. The van der Waals surface area contributed by atoms with E-state index in [1.165, 1.54) is 5.39 Å². The molecule has 2 heterocycles. The van der Waals surface area contributed by atoms with Crippen molar-refractivity contribution in [1.82, 2.24) is 24.6 Å². The summed E-state index contributed by atoms with van der Waals surface area (Å²) in [6.45, 7) is 3.02. The van der Waals surface area contributed by atoms with Crippen LogP contribution in [0, 0.1) is 0 Å². The molecule has 0 saturated heterocycles. The summed E-state index contributed by atoms with van der Waals surface area (Å²) in [6.07, 6.45) is 4.65. The molecule has 21 heavy (non-hydrogen) atoms. The van der Waals surface area contributed by atoms with Gasteiger partial charge in [0.25, 0.3) is 0 Å². The molecule has 0 aliphatic heterocycles. The summed E-state index contributed by atoms with van der Waals surface area (Å²) in [5, 5.41) is 9.49. The van der Waals surface area contributed by atoms with E-state index in [1.54, 1.807) is 0 Å². The van der Waals surface area contributed by atoms with E-state index in [9.17, 15) is 0 Å². The predicted molar refractivity (Wildman–Crippen MR) is 84.0 cm³/mol. The lowest BCUT2D eigenvalue weighted by atomic mass is 10.1. The Morgan fingerprint density at radius 2 is 2.05 bits per heavy atom. The van der Waals surface area contributed by atoms with Crippen molar-refractivity contribution in [3.05, 3.63) is 48.2 Å². The zero-order valence-corrected chi connectivity index (χ0v) is 12.7. The van der Waals surface area contributed by atoms with Crippen molar-refractivity contribution in [3.63, 3.8) is 0 Å². The Balaban J connectivity index is 2.01. The van der Waals surface area contributed by atoms with Gasteiger partial charge in [0.15, 0.2) is 0 Å². The quantitative estimate of drug-likeness (QED) is 0.781. The van der Waals surface area contributed by atoms with E-state index in [-0.39, 0.29) is 6.04 Å². The van der Waals surface area contributed by atoms with E-state index in [4.69, 9.17) is 5.10 Å². The number of aromatic nitrogens is 4. The third kappa shape index (κ3) is 2.56. The van der Waals surface area contributed by atoms with Gasteiger partial charge in [-0.1, -0.05) is 25.1 Å². The molecule has 1 aromatic carbocycles. The molecule has 3 aromatic rings. The van der Waals surface area contributed by atoms with Gasteiger partial charge in [-0.3, -0.25) is 4.68 Å². The van der Waals surface area contributed by atoms with Crippen molar-refractivity contribution in [2.45, 2.75) is 19.4 Å². The Kier molecular flexibility index (Phi) is 3.75. The van der Waals surface area contributed by atoms with Crippen molar-refractivity contribution in [3.8, 4) is 0 Å². The molecule has 0 spiro atoms. The van der Waals surface area contributed by atoms with Gasteiger partial charge in [0.2, 0.25) is 0 Å². The first kappa shape index (κ1) is 13.8.